The van der Waals surface area contributed by atoms with E-state index in [0.717, 1.165) is 22.1 Å². The average molecular weight is 314 g/mol. The predicted molar refractivity (Wildman–Crippen MR) is 68.5 cm³/mol. The summed E-state index contributed by atoms with van der Waals surface area (Å²) in [6.07, 6.45) is 2.12. The molecule has 1 atom stereocenters. The van der Waals surface area contributed by atoms with Crippen molar-refractivity contribution in [1.82, 2.24) is 14.8 Å². The largest absolute Gasteiger partial charge is 0.388 e. The van der Waals surface area contributed by atoms with E-state index >= 15 is 0 Å². The maximum Gasteiger partial charge on any atom is 0.141 e. The van der Waals surface area contributed by atoms with Gasteiger partial charge in [0.05, 0.1) is 28.2 Å². The van der Waals surface area contributed by atoms with Crippen molar-refractivity contribution in [3.05, 3.63) is 45.7 Å². The van der Waals surface area contributed by atoms with E-state index in [0.29, 0.717) is 12.0 Å². The fourth-order valence-corrected chi connectivity index (χ4v) is 2.31. The zero-order valence-corrected chi connectivity index (χ0v) is 11.6. The Labute approximate surface area is 113 Å². The van der Waals surface area contributed by atoms with Crippen LogP contribution in [0.1, 0.15) is 23.1 Å². The SMILES string of the molecule is Cc1nn(C)c(CC(O)c2cncc(F)c2)c1Br. The Hall–Kier alpha value is -1.27. The summed E-state index contributed by atoms with van der Waals surface area (Å²) in [7, 11) is 1.81. The lowest BCUT2D eigenvalue weighted by atomic mass is 10.1. The number of rotatable bonds is 3. The van der Waals surface area contributed by atoms with Crippen molar-refractivity contribution in [3.63, 3.8) is 0 Å². The Balaban J connectivity index is 2.24. The van der Waals surface area contributed by atoms with Crippen molar-refractivity contribution in [2.75, 3.05) is 0 Å². The van der Waals surface area contributed by atoms with Crippen molar-refractivity contribution in [3.8, 4) is 0 Å². The van der Waals surface area contributed by atoms with Crippen LogP contribution >= 0.6 is 15.9 Å². The van der Waals surface area contributed by atoms with Crippen LogP contribution in [0.25, 0.3) is 0 Å². The Kier molecular flexibility index (Phi) is 3.77. The minimum Gasteiger partial charge on any atom is -0.388 e. The number of nitrogens with zero attached hydrogens (tertiary/aromatic N) is 3. The first-order valence-electron chi connectivity index (χ1n) is 5.45. The maximum atomic E-state index is 13.0. The van der Waals surface area contributed by atoms with Crippen molar-refractivity contribution < 1.29 is 9.50 Å². The van der Waals surface area contributed by atoms with E-state index in [1.165, 1.54) is 12.3 Å². The molecule has 6 heteroatoms. The van der Waals surface area contributed by atoms with Crippen molar-refractivity contribution in [2.45, 2.75) is 19.4 Å². The minimum absolute atomic E-state index is 0.350. The summed E-state index contributed by atoms with van der Waals surface area (Å²) in [5.41, 5.74) is 2.18. The van der Waals surface area contributed by atoms with Crippen molar-refractivity contribution >= 4 is 15.9 Å². The van der Waals surface area contributed by atoms with Gasteiger partial charge in [-0.25, -0.2) is 4.39 Å². The fraction of sp³-hybridized carbons (Fsp3) is 0.333. The second-order valence-electron chi connectivity index (χ2n) is 4.13. The van der Waals surface area contributed by atoms with E-state index in [4.69, 9.17) is 0 Å². The third kappa shape index (κ3) is 2.59. The quantitative estimate of drug-likeness (QED) is 0.946. The molecule has 0 radical (unpaired) electrons. The third-order valence-corrected chi connectivity index (χ3v) is 3.79. The second-order valence-corrected chi connectivity index (χ2v) is 4.92. The lowest BCUT2D eigenvalue weighted by Crippen LogP contribution is -2.07. The molecule has 0 saturated carbocycles. The monoisotopic (exact) mass is 313 g/mol. The lowest BCUT2D eigenvalue weighted by molar-refractivity contribution is 0.174. The van der Waals surface area contributed by atoms with Gasteiger partial charge in [-0.3, -0.25) is 9.67 Å². The number of aliphatic hydroxyl groups is 1. The standard InChI is InChI=1S/C12H13BrFN3O/c1-7-12(13)10(17(2)16-7)4-11(18)8-3-9(14)6-15-5-8/h3,5-6,11,18H,4H2,1-2H3. The highest BCUT2D eigenvalue weighted by atomic mass is 79.9. The van der Waals surface area contributed by atoms with Gasteiger partial charge in [-0.1, -0.05) is 0 Å². The molecule has 4 nitrogen and oxygen atoms in total. The smallest absolute Gasteiger partial charge is 0.141 e. The summed E-state index contributed by atoms with van der Waals surface area (Å²) < 4.78 is 15.6. The molecule has 0 spiro atoms. The highest BCUT2D eigenvalue weighted by molar-refractivity contribution is 9.10. The highest BCUT2D eigenvalue weighted by Crippen LogP contribution is 2.25. The Morgan fingerprint density at radius 1 is 1.50 bits per heavy atom. The average Bonchev–Trinajstić information content (AvgIpc) is 2.56. The van der Waals surface area contributed by atoms with Gasteiger partial charge in [0.1, 0.15) is 5.82 Å². The molecule has 2 aromatic rings. The number of aromatic nitrogens is 3. The van der Waals surface area contributed by atoms with E-state index in [1.54, 1.807) is 4.68 Å². The summed E-state index contributed by atoms with van der Waals surface area (Å²) in [5, 5.41) is 14.3. The first-order valence-corrected chi connectivity index (χ1v) is 6.25. The van der Waals surface area contributed by atoms with Crippen LogP contribution in [-0.2, 0) is 13.5 Å². The molecule has 0 saturated heterocycles. The molecular weight excluding hydrogens is 301 g/mol. The molecule has 0 bridgehead atoms. The molecule has 0 aliphatic heterocycles. The van der Waals surface area contributed by atoms with E-state index in [2.05, 4.69) is 26.0 Å². The van der Waals surface area contributed by atoms with Gasteiger partial charge >= 0.3 is 0 Å². The van der Waals surface area contributed by atoms with Gasteiger partial charge in [0.15, 0.2) is 0 Å². The Morgan fingerprint density at radius 3 is 2.78 bits per heavy atom. The lowest BCUT2D eigenvalue weighted by Gasteiger charge is -2.11. The topological polar surface area (TPSA) is 50.9 Å². The number of hydrogen-bond donors (Lipinski definition) is 1. The Morgan fingerprint density at radius 2 is 2.22 bits per heavy atom. The summed E-state index contributed by atoms with van der Waals surface area (Å²) in [6.45, 7) is 1.88. The molecule has 18 heavy (non-hydrogen) atoms. The molecule has 2 aromatic heterocycles. The second kappa shape index (κ2) is 5.16. The molecule has 1 N–H and O–H groups in total. The first kappa shape index (κ1) is 13.2. The molecule has 2 heterocycles. The normalized spacial score (nSPS) is 12.7. The van der Waals surface area contributed by atoms with Crippen LogP contribution in [0.5, 0.6) is 0 Å². The third-order valence-electron chi connectivity index (χ3n) is 2.76. The van der Waals surface area contributed by atoms with Crippen LogP contribution in [-0.4, -0.2) is 19.9 Å². The zero-order chi connectivity index (χ0) is 13.3. The van der Waals surface area contributed by atoms with Gasteiger partial charge in [-0.15, -0.1) is 0 Å². The molecule has 1 unspecified atom stereocenters. The van der Waals surface area contributed by atoms with Gasteiger partial charge < -0.3 is 5.11 Å². The summed E-state index contributed by atoms with van der Waals surface area (Å²) >= 11 is 3.43. The summed E-state index contributed by atoms with van der Waals surface area (Å²) in [6, 6.07) is 1.29. The van der Waals surface area contributed by atoms with Crippen LogP contribution in [0, 0.1) is 12.7 Å². The number of hydrogen-bond acceptors (Lipinski definition) is 3. The van der Waals surface area contributed by atoms with E-state index in [9.17, 15) is 9.50 Å². The minimum atomic E-state index is -0.806. The summed E-state index contributed by atoms with van der Waals surface area (Å²) in [4.78, 5) is 3.73. The molecule has 0 aromatic carbocycles. The number of halogens is 2. The van der Waals surface area contributed by atoms with Gasteiger partial charge in [-0.2, -0.15) is 5.10 Å². The zero-order valence-electron chi connectivity index (χ0n) is 10.1. The molecule has 0 aliphatic rings. The Bertz CT molecular complexity index is 570. The van der Waals surface area contributed by atoms with E-state index in [-0.39, 0.29) is 0 Å². The fourth-order valence-electron chi connectivity index (χ4n) is 1.81. The molecule has 0 aliphatic carbocycles. The van der Waals surface area contributed by atoms with E-state index in [1.807, 2.05) is 14.0 Å². The van der Waals surface area contributed by atoms with Crippen LogP contribution in [0.15, 0.2) is 22.9 Å². The van der Waals surface area contributed by atoms with Crippen LogP contribution in [0.3, 0.4) is 0 Å². The van der Waals surface area contributed by atoms with Crippen molar-refractivity contribution in [2.24, 2.45) is 7.05 Å². The highest BCUT2D eigenvalue weighted by Gasteiger charge is 2.16. The number of aryl methyl sites for hydroxylation is 2. The molecule has 0 fully saturated rings. The molecule has 2 rings (SSSR count). The van der Waals surface area contributed by atoms with Gasteiger partial charge in [-0.05, 0) is 28.9 Å². The van der Waals surface area contributed by atoms with E-state index < -0.39 is 11.9 Å². The number of pyridine rings is 1. The van der Waals surface area contributed by atoms with Gasteiger partial charge in [0.2, 0.25) is 0 Å². The maximum absolute atomic E-state index is 13.0. The van der Waals surface area contributed by atoms with Gasteiger partial charge in [0.25, 0.3) is 0 Å². The van der Waals surface area contributed by atoms with Crippen LogP contribution in [0.2, 0.25) is 0 Å². The first-order chi connectivity index (χ1) is 8.49. The molecule has 0 amide bonds. The molecule has 96 valence electrons. The summed E-state index contributed by atoms with van der Waals surface area (Å²) in [5.74, 6) is -0.452. The van der Waals surface area contributed by atoms with Gasteiger partial charge in [0, 0.05) is 25.2 Å². The van der Waals surface area contributed by atoms with Crippen molar-refractivity contribution in [1.29, 1.82) is 0 Å². The van der Waals surface area contributed by atoms with Crippen LogP contribution in [0.4, 0.5) is 4.39 Å². The number of aliphatic hydroxyl groups excluding tert-OH is 1. The molecular formula is C12H13BrFN3O. The predicted octanol–water partition coefficient (Wildman–Crippen LogP) is 2.30. The van der Waals surface area contributed by atoms with Crippen LogP contribution < -0.4 is 0 Å².